The Hall–Kier alpha value is -0.870. The predicted molar refractivity (Wildman–Crippen MR) is 70.3 cm³/mol. The lowest BCUT2D eigenvalue weighted by atomic mass is 9.97. The van der Waals surface area contributed by atoms with Crippen molar-refractivity contribution >= 4 is 16.5 Å². The van der Waals surface area contributed by atoms with Crippen LogP contribution in [-0.4, -0.2) is 22.7 Å². The van der Waals surface area contributed by atoms with Gasteiger partial charge in [0.25, 0.3) is 0 Å². The molecule has 0 aromatic heterocycles. The van der Waals surface area contributed by atoms with Crippen molar-refractivity contribution in [3.05, 3.63) is 24.3 Å². The zero-order chi connectivity index (χ0) is 12.3. The van der Waals surface area contributed by atoms with Crippen LogP contribution in [-0.2, 0) is 15.5 Å². The van der Waals surface area contributed by atoms with Crippen LogP contribution in [0, 0.1) is 0 Å². The quantitative estimate of drug-likeness (QED) is 0.841. The van der Waals surface area contributed by atoms with E-state index in [1.54, 1.807) is 7.11 Å². The minimum atomic E-state index is -0.962. The smallest absolute Gasteiger partial charge is 0.0583 e. The van der Waals surface area contributed by atoms with Gasteiger partial charge in [-0.2, -0.15) is 0 Å². The van der Waals surface area contributed by atoms with Gasteiger partial charge < -0.3 is 10.5 Å². The molecule has 1 aliphatic carbocycles. The Balaban J connectivity index is 2.09. The highest BCUT2D eigenvalue weighted by molar-refractivity contribution is 7.85. The largest absolute Gasteiger partial charge is 0.399 e. The van der Waals surface area contributed by atoms with Gasteiger partial charge in [-0.25, -0.2) is 0 Å². The summed E-state index contributed by atoms with van der Waals surface area (Å²) < 4.78 is 17.8. The molecule has 0 spiro atoms. The highest BCUT2D eigenvalue weighted by Gasteiger charge is 2.26. The van der Waals surface area contributed by atoms with Crippen LogP contribution >= 0.6 is 0 Å². The number of methoxy groups -OCH3 is 1. The normalized spacial score (nSPS) is 26.6. The molecule has 3 atom stereocenters. The first kappa shape index (κ1) is 12.6. The summed E-state index contributed by atoms with van der Waals surface area (Å²) in [6.07, 6.45) is 4.34. The number of nitrogens with two attached hydrogens (primary N) is 1. The van der Waals surface area contributed by atoms with Gasteiger partial charge in [-0.1, -0.05) is 6.07 Å². The number of rotatable bonds is 3. The molecule has 0 saturated heterocycles. The number of benzene rings is 1. The lowest BCUT2D eigenvalue weighted by Crippen LogP contribution is -2.28. The fraction of sp³-hybridized carbons (Fsp3) is 0.538. The Morgan fingerprint density at radius 1 is 1.41 bits per heavy atom. The Kier molecular flexibility index (Phi) is 4.18. The molecule has 0 heterocycles. The van der Waals surface area contributed by atoms with Gasteiger partial charge in [0, 0.05) is 22.9 Å². The van der Waals surface area contributed by atoms with Crippen LogP contribution in [0.2, 0.25) is 0 Å². The molecule has 3 unspecified atom stereocenters. The minimum Gasteiger partial charge on any atom is -0.399 e. The monoisotopic (exact) mass is 253 g/mol. The summed E-state index contributed by atoms with van der Waals surface area (Å²) in [5, 5.41) is 0.204. The van der Waals surface area contributed by atoms with Crippen molar-refractivity contribution < 1.29 is 8.95 Å². The van der Waals surface area contributed by atoms with Crippen molar-refractivity contribution in [2.24, 2.45) is 0 Å². The van der Waals surface area contributed by atoms with Crippen LogP contribution in [0.4, 0.5) is 5.69 Å². The van der Waals surface area contributed by atoms with E-state index in [4.69, 9.17) is 10.5 Å². The van der Waals surface area contributed by atoms with Crippen molar-refractivity contribution in [2.45, 2.75) is 41.9 Å². The van der Waals surface area contributed by atoms with E-state index in [0.717, 1.165) is 30.6 Å². The van der Waals surface area contributed by atoms with E-state index in [9.17, 15) is 4.21 Å². The molecule has 0 amide bonds. The van der Waals surface area contributed by atoms with Crippen LogP contribution in [0.25, 0.3) is 0 Å². The minimum absolute atomic E-state index is 0.204. The van der Waals surface area contributed by atoms with Crippen LogP contribution < -0.4 is 5.73 Å². The fourth-order valence-electron chi connectivity index (χ4n) is 2.34. The van der Waals surface area contributed by atoms with Crippen molar-refractivity contribution in [1.82, 2.24) is 0 Å². The summed E-state index contributed by atoms with van der Waals surface area (Å²) in [6, 6.07) is 7.38. The average Bonchev–Trinajstić information content (AvgIpc) is 2.38. The summed E-state index contributed by atoms with van der Waals surface area (Å²) >= 11 is 0. The van der Waals surface area contributed by atoms with Crippen LogP contribution in [0.3, 0.4) is 0 Å². The van der Waals surface area contributed by atoms with Crippen LogP contribution in [0.5, 0.6) is 0 Å². The predicted octanol–water partition coefficient (Wildman–Crippen LogP) is 2.33. The van der Waals surface area contributed by atoms with Gasteiger partial charge in [-0.3, -0.25) is 4.21 Å². The first-order chi connectivity index (χ1) is 8.20. The van der Waals surface area contributed by atoms with E-state index < -0.39 is 10.8 Å². The number of hydrogen-bond donors (Lipinski definition) is 1. The Morgan fingerprint density at radius 3 is 2.94 bits per heavy atom. The van der Waals surface area contributed by atoms with Gasteiger partial charge in [0.15, 0.2) is 0 Å². The molecule has 1 aliphatic rings. The number of anilines is 1. The first-order valence-corrected chi connectivity index (χ1v) is 7.21. The van der Waals surface area contributed by atoms with Gasteiger partial charge in [-0.05, 0) is 43.9 Å². The molecule has 94 valence electrons. The Bertz CT molecular complexity index is 408. The number of ether oxygens (including phenoxy) is 1. The number of hydrogen-bond acceptors (Lipinski definition) is 3. The summed E-state index contributed by atoms with van der Waals surface area (Å²) in [7, 11) is 0.770. The molecule has 0 aliphatic heterocycles. The van der Waals surface area contributed by atoms with Gasteiger partial charge >= 0.3 is 0 Å². The maximum absolute atomic E-state index is 12.4. The molecule has 1 fully saturated rings. The zero-order valence-corrected chi connectivity index (χ0v) is 10.9. The van der Waals surface area contributed by atoms with Crippen molar-refractivity contribution in [1.29, 1.82) is 0 Å². The Labute approximate surface area is 105 Å². The molecule has 1 aromatic rings. The molecule has 4 heteroatoms. The van der Waals surface area contributed by atoms with E-state index in [1.807, 2.05) is 24.3 Å². The van der Waals surface area contributed by atoms with Gasteiger partial charge in [0.1, 0.15) is 0 Å². The summed E-state index contributed by atoms with van der Waals surface area (Å²) in [5.41, 5.74) is 6.40. The second-order valence-electron chi connectivity index (χ2n) is 4.52. The average molecular weight is 253 g/mol. The molecule has 1 saturated carbocycles. The molecule has 3 nitrogen and oxygen atoms in total. The first-order valence-electron chi connectivity index (χ1n) is 5.99. The molecule has 2 rings (SSSR count). The maximum Gasteiger partial charge on any atom is 0.0583 e. The zero-order valence-electron chi connectivity index (χ0n) is 10.1. The summed E-state index contributed by atoms with van der Waals surface area (Å²) in [6.45, 7) is 0. The third-order valence-electron chi connectivity index (χ3n) is 3.30. The van der Waals surface area contributed by atoms with E-state index in [0.29, 0.717) is 5.69 Å². The van der Waals surface area contributed by atoms with E-state index in [2.05, 4.69) is 0 Å². The molecular formula is C13H19NO2S. The van der Waals surface area contributed by atoms with Gasteiger partial charge in [-0.15, -0.1) is 0 Å². The van der Waals surface area contributed by atoms with Crippen molar-refractivity contribution in [3.63, 3.8) is 0 Å². The molecule has 0 bridgehead atoms. The van der Waals surface area contributed by atoms with Gasteiger partial charge in [0.05, 0.1) is 16.9 Å². The van der Waals surface area contributed by atoms with E-state index in [1.165, 1.54) is 0 Å². The molecule has 1 aromatic carbocycles. The SMILES string of the molecule is COC1CCCC(S(=O)c2cccc(N)c2)C1. The molecule has 17 heavy (non-hydrogen) atoms. The number of nitrogen functional groups attached to an aromatic ring is 1. The van der Waals surface area contributed by atoms with E-state index >= 15 is 0 Å². The fourth-order valence-corrected chi connectivity index (χ4v) is 3.96. The highest BCUT2D eigenvalue weighted by Crippen LogP contribution is 2.28. The van der Waals surface area contributed by atoms with Crippen molar-refractivity contribution in [3.8, 4) is 0 Å². The summed E-state index contributed by atoms with van der Waals surface area (Å²) in [5.74, 6) is 0. The lowest BCUT2D eigenvalue weighted by Gasteiger charge is -2.27. The third kappa shape index (κ3) is 3.07. The molecule has 2 N–H and O–H groups in total. The van der Waals surface area contributed by atoms with Crippen LogP contribution in [0.1, 0.15) is 25.7 Å². The van der Waals surface area contributed by atoms with E-state index in [-0.39, 0.29) is 11.4 Å². The third-order valence-corrected chi connectivity index (χ3v) is 5.06. The topological polar surface area (TPSA) is 52.3 Å². The van der Waals surface area contributed by atoms with Gasteiger partial charge in [0.2, 0.25) is 0 Å². The Morgan fingerprint density at radius 2 is 2.24 bits per heavy atom. The second kappa shape index (κ2) is 5.65. The molecule has 0 radical (unpaired) electrons. The standard InChI is InChI=1S/C13H19NO2S/c1-16-11-5-3-7-13(9-11)17(15)12-6-2-4-10(14)8-12/h2,4,6,8,11,13H,3,5,7,9,14H2,1H3. The van der Waals surface area contributed by atoms with Crippen molar-refractivity contribution in [2.75, 3.05) is 12.8 Å². The summed E-state index contributed by atoms with van der Waals surface area (Å²) in [4.78, 5) is 0.840. The second-order valence-corrected chi connectivity index (χ2v) is 6.25. The van der Waals surface area contributed by atoms with Crippen LogP contribution in [0.15, 0.2) is 29.2 Å². The maximum atomic E-state index is 12.4. The highest BCUT2D eigenvalue weighted by atomic mass is 32.2. The molecular weight excluding hydrogens is 234 g/mol. The lowest BCUT2D eigenvalue weighted by molar-refractivity contribution is 0.0725.